The summed E-state index contributed by atoms with van der Waals surface area (Å²) in [6.45, 7) is 3.80. The molecule has 1 unspecified atom stereocenters. The summed E-state index contributed by atoms with van der Waals surface area (Å²) in [7, 11) is 1.31. The van der Waals surface area contributed by atoms with Gasteiger partial charge < -0.3 is 20.5 Å². The number of anilines is 1. The fourth-order valence-corrected chi connectivity index (χ4v) is 3.70. The number of phenols is 1. The van der Waals surface area contributed by atoms with Crippen LogP contribution in [0.2, 0.25) is 0 Å². The van der Waals surface area contributed by atoms with Crippen LogP contribution in [0.15, 0.2) is 12.1 Å². The molecule has 3 rings (SSSR count). The van der Waals surface area contributed by atoms with Gasteiger partial charge >= 0.3 is 5.69 Å². The fourth-order valence-electron chi connectivity index (χ4n) is 2.61. The molecule has 0 saturated heterocycles. The van der Waals surface area contributed by atoms with E-state index in [1.807, 2.05) is 13.8 Å². The minimum absolute atomic E-state index is 0.0282. The predicted octanol–water partition coefficient (Wildman–Crippen LogP) is 2.84. The van der Waals surface area contributed by atoms with Gasteiger partial charge in [0.2, 0.25) is 5.75 Å². The first kappa shape index (κ1) is 16.1. The normalized spacial score (nSPS) is 16.1. The van der Waals surface area contributed by atoms with Crippen LogP contribution in [0, 0.1) is 24.0 Å². The van der Waals surface area contributed by atoms with E-state index in [0.717, 1.165) is 10.4 Å². The molecule has 0 bridgehead atoms. The average molecular weight is 349 g/mol. The molecular weight excluding hydrogens is 334 g/mol. The molecular formula is C15H15N3O5S. The molecule has 126 valence electrons. The number of hydrogen-bond donors (Lipinski definition) is 3. The number of nitrogens with zero attached hydrogens (tertiary/aromatic N) is 1. The second-order valence-corrected chi connectivity index (χ2v) is 6.61. The number of carbonyl (C=O) groups excluding carboxylic acids is 1. The molecule has 0 spiro atoms. The molecule has 2 heterocycles. The summed E-state index contributed by atoms with van der Waals surface area (Å²) in [4.78, 5) is 23.8. The van der Waals surface area contributed by atoms with Crippen molar-refractivity contribution >= 4 is 27.9 Å². The predicted molar refractivity (Wildman–Crippen MR) is 88.9 cm³/mol. The van der Waals surface area contributed by atoms with Gasteiger partial charge in [0.1, 0.15) is 11.2 Å². The number of fused-ring (bicyclic) bond motifs is 1. The molecule has 0 aliphatic carbocycles. The van der Waals surface area contributed by atoms with Gasteiger partial charge in [-0.25, -0.2) is 0 Å². The minimum atomic E-state index is -0.698. The van der Waals surface area contributed by atoms with Gasteiger partial charge in [0, 0.05) is 16.5 Å². The standard InChI is InChI=1S/C15H15N3O5S/c1-6-7(2)24-15-11(6)14(20)16-13(17-15)8-4-9(18(21)22)12(19)10(5-8)23-3/h4-5,13,17,19H,1-3H3,(H,16,20). The smallest absolute Gasteiger partial charge is 0.315 e. The second kappa shape index (κ2) is 5.68. The molecule has 1 atom stereocenters. The Bertz CT molecular complexity index is 861. The molecule has 8 nitrogen and oxygen atoms in total. The summed E-state index contributed by atoms with van der Waals surface area (Å²) in [5.41, 5.74) is 1.44. The van der Waals surface area contributed by atoms with E-state index in [0.29, 0.717) is 16.1 Å². The molecule has 1 amide bonds. The van der Waals surface area contributed by atoms with Gasteiger partial charge in [0.25, 0.3) is 5.91 Å². The van der Waals surface area contributed by atoms with Crippen LogP contribution in [0.1, 0.15) is 32.5 Å². The van der Waals surface area contributed by atoms with E-state index < -0.39 is 22.5 Å². The molecule has 1 aromatic carbocycles. The van der Waals surface area contributed by atoms with E-state index in [4.69, 9.17) is 4.74 Å². The first-order valence-electron chi connectivity index (χ1n) is 7.06. The van der Waals surface area contributed by atoms with Gasteiger partial charge in [0.15, 0.2) is 5.75 Å². The van der Waals surface area contributed by atoms with Gasteiger partial charge in [-0.15, -0.1) is 11.3 Å². The highest BCUT2D eigenvalue weighted by atomic mass is 32.1. The zero-order valence-corrected chi connectivity index (χ0v) is 14.0. The number of phenolic OH excluding ortho intramolecular Hbond substituents is 1. The van der Waals surface area contributed by atoms with Gasteiger partial charge in [-0.3, -0.25) is 14.9 Å². The van der Waals surface area contributed by atoms with Crippen molar-refractivity contribution in [3.8, 4) is 11.5 Å². The number of nitro benzene ring substituents is 1. The van der Waals surface area contributed by atoms with Gasteiger partial charge in [-0.2, -0.15) is 0 Å². The summed E-state index contributed by atoms with van der Waals surface area (Å²) >= 11 is 1.46. The number of carbonyl (C=O) groups is 1. The number of thiophene rings is 1. The van der Waals surface area contributed by atoms with Gasteiger partial charge in [0.05, 0.1) is 17.6 Å². The van der Waals surface area contributed by atoms with E-state index in [2.05, 4.69) is 10.6 Å². The van der Waals surface area contributed by atoms with E-state index in [1.165, 1.54) is 30.6 Å². The van der Waals surface area contributed by atoms with Gasteiger partial charge in [-0.1, -0.05) is 0 Å². The number of methoxy groups -OCH3 is 1. The Labute approximate surface area is 141 Å². The lowest BCUT2D eigenvalue weighted by Crippen LogP contribution is -2.38. The Balaban J connectivity index is 2.06. The fraction of sp³-hybridized carbons (Fsp3) is 0.267. The summed E-state index contributed by atoms with van der Waals surface area (Å²) < 4.78 is 4.99. The van der Waals surface area contributed by atoms with Crippen LogP contribution >= 0.6 is 11.3 Å². The van der Waals surface area contributed by atoms with Crippen molar-refractivity contribution in [1.82, 2.24) is 5.32 Å². The molecule has 9 heteroatoms. The van der Waals surface area contributed by atoms with Gasteiger partial charge in [-0.05, 0) is 25.5 Å². The van der Waals surface area contributed by atoms with Crippen molar-refractivity contribution in [3.05, 3.63) is 43.8 Å². The third-order valence-corrected chi connectivity index (χ3v) is 5.13. The van der Waals surface area contributed by atoms with E-state index in [-0.39, 0.29) is 11.7 Å². The van der Waals surface area contributed by atoms with Crippen molar-refractivity contribution < 1.29 is 19.6 Å². The molecule has 2 aromatic rings. The Morgan fingerprint density at radius 3 is 2.67 bits per heavy atom. The van der Waals surface area contributed by atoms with Crippen molar-refractivity contribution in [3.63, 3.8) is 0 Å². The van der Waals surface area contributed by atoms with Crippen molar-refractivity contribution in [2.45, 2.75) is 20.0 Å². The SMILES string of the molecule is COc1cc(C2NC(=O)c3c(sc(C)c3C)N2)cc([N+](=O)[O-])c1O. The van der Waals surface area contributed by atoms with Crippen LogP contribution in [0.25, 0.3) is 0 Å². The number of aromatic hydroxyl groups is 1. The molecule has 3 N–H and O–H groups in total. The summed E-state index contributed by atoms with van der Waals surface area (Å²) in [5.74, 6) is -0.818. The Hall–Kier alpha value is -2.81. The number of benzene rings is 1. The zero-order valence-electron chi connectivity index (χ0n) is 13.2. The highest BCUT2D eigenvalue weighted by Crippen LogP contribution is 2.41. The van der Waals surface area contributed by atoms with Crippen LogP contribution < -0.4 is 15.4 Å². The van der Waals surface area contributed by atoms with Crippen LogP contribution in [0.5, 0.6) is 11.5 Å². The van der Waals surface area contributed by atoms with Crippen LogP contribution in [0.3, 0.4) is 0 Å². The highest BCUT2D eigenvalue weighted by Gasteiger charge is 2.31. The Kier molecular flexibility index (Phi) is 3.80. The lowest BCUT2D eigenvalue weighted by molar-refractivity contribution is -0.386. The Morgan fingerprint density at radius 2 is 2.04 bits per heavy atom. The van der Waals surface area contributed by atoms with Crippen molar-refractivity contribution in [1.29, 1.82) is 0 Å². The quantitative estimate of drug-likeness (QED) is 0.580. The molecule has 0 radical (unpaired) electrons. The molecule has 1 aliphatic rings. The zero-order chi connectivity index (χ0) is 17.6. The highest BCUT2D eigenvalue weighted by molar-refractivity contribution is 7.16. The number of rotatable bonds is 3. The van der Waals surface area contributed by atoms with Crippen molar-refractivity contribution in [2.75, 3.05) is 12.4 Å². The van der Waals surface area contributed by atoms with E-state index >= 15 is 0 Å². The van der Waals surface area contributed by atoms with E-state index in [1.54, 1.807) is 0 Å². The number of nitrogens with one attached hydrogen (secondary N) is 2. The molecule has 1 aliphatic heterocycles. The lowest BCUT2D eigenvalue weighted by atomic mass is 10.1. The largest absolute Gasteiger partial charge is 0.500 e. The number of amides is 1. The van der Waals surface area contributed by atoms with Crippen molar-refractivity contribution in [2.24, 2.45) is 0 Å². The number of hydrogen-bond acceptors (Lipinski definition) is 7. The summed E-state index contributed by atoms with van der Waals surface area (Å²) in [6.07, 6.45) is -0.657. The lowest BCUT2D eigenvalue weighted by Gasteiger charge is -2.26. The topological polar surface area (TPSA) is 114 Å². The maximum atomic E-state index is 12.4. The van der Waals surface area contributed by atoms with E-state index in [9.17, 15) is 20.0 Å². The number of ether oxygens (including phenoxy) is 1. The maximum Gasteiger partial charge on any atom is 0.315 e. The molecule has 24 heavy (non-hydrogen) atoms. The van der Waals surface area contributed by atoms with Crippen LogP contribution in [0.4, 0.5) is 10.7 Å². The number of aryl methyl sites for hydroxylation is 1. The summed E-state index contributed by atoms with van der Waals surface area (Å²) in [5, 5.41) is 27.6. The third kappa shape index (κ3) is 2.42. The molecule has 0 fully saturated rings. The first-order valence-corrected chi connectivity index (χ1v) is 7.87. The van der Waals surface area contributed by atoms with Crippen LogP contribution in [-0.4, -0.2) is 23.0 Å². The number of nitro groups is 1. The average Bonchev–Trinajstić information content (AvgIpc) is 2.82. The second-order valence-electron chi connectivity index (χ2n) is 5.39. The first-order chi connectivity index (χ1) is 11.3. The van der Waals surface area contributed by atoms with Crippen LogP contribution in [-0.2, 0) is 0 Å². The molecule has 0 saturated carbocycles. The monoisotopic (exact) mass is 349 g/mol. The summed E-state index contributed by atoms with van der Waals surface area (Å²) in [6, 6.07) is 2.67. The Morgan fingerprint density at radius 1 is 1.33 bits per heavy atom. The minimum Gasteiger partial charge on any atom is -0.500 e. The molecule has 1 aromatic heterocycles. The third-order valence-electron chi connectivity index (χ3n) is 3.99. The maximum absolute atomic E-state index is 12.4.